The Morgan fingerprint density at radius 2 is 2.19 bits per heavy atom. The number of carbonyl (C=O) groups excluding carboxylic acids is 1. The predicted octanol–water partition coefficient (Wildman–Crippen LogP) is 0.768. The summed E-state index contributed by atoms with van der Waals surface area (Å²) in [6.07, 6.45) is 2.22. The molecule has 2 unspecified atom stereocenters. The van der Waals surface area contributed by atoms with Crippen LogP contribution < -0.4 is 5.32 Å². The highest BCUT2D eigenvalue weighted by Gasteiger charge is 2.27. The molecule has 1 aliphatic heterocycles. The maximum absolute atomic E-state index is 11.8. The molecule has 1 aliphatic rings. The fourth-order valence-electron chi connectivity index (χ4n) is 2.04. The summed E-state index contributed by atoms with van der Waals surface area (Å²) in [6, 6.07) is -0.175. The van der Waals surface area contributed by atoms with Gasteiger partial charge in [-0.05, 0) is 6.42 Å². The highest BCUT2D eigenvalue weighted by Crippen LogP contribution is 2.12. The van der Waals surface area contributed by atoms with E-state index >= 15 is 0 Å². The SMILES string of the molecule is CCCC(C)C(=O)CC1CS(=O)(=O)CCN1. The summed E-state index contributed by atoms with van der Waals surface area (Å²) in [5.41, 5.74) is 0. The topological polar surface area (TPSA) is 63.2 Å². The van der Waals surface area contributed by atoms with Crippen LogP contribution in [0.3, 0.4) is 0 Å². The Morgan fingerprint density at radius 1 is 1.50 bits per heavy atom. The zero-order valence-corrected chi connectivity index (χ0v) is 10.8. The first-order valence-corrected chi connectivity index (χ1v) is 7.73. The van der Waals surface area contributed by atoms with E-state index in [9.17, 15) is 13.2 Å². The molecule has 5 heteroatoms. The molecule has 0 aromatic carbocycles. The molecule has 1 N–H and O–H groups in total. The molecule has 1 rings (SSSR count). The van der Waals surface area contributed by atoms with Gasteiger partial charge in [0.1, 0.15) is 5.78 Å². The van der Waals surface area contributed by atoms with Crippen molar-refractivity contribution in [1.82, 2.24) is 5.32 Å². The predicted molar refractivity (Wildman–Crippen MR) is 64.1 cm³/mol. The summed E-state index contributed by atoms with van der Waals surface area (Å²) < 4.78 is 22.8. The number of rotatable bonds is 5. The van der Waals surface area contributed by atoms with Gasteiger partial charge in [-0.1, -0.05) is 20.3 Å². The first kappa shape index (κ1) is 13.6. The van der Waals surface area contributed by atoms with Crippen molar-refractivity contribution in [3.05, 3.63) is 0 Å². The van der Waals surface area contributed by atoms with Gasteiger partial charge in [0.15, 0.2) is 9.84 Å². The molecule has 2 atom stereocenters. The van der Waals surface area contributed by atoms with Crippen LogP contribution in [-0.4, -0.2) is 38.3 Å². The first-order chi connectivity index (χ1) is 7.44. The first-order valence-electron chi connectivity index (χ1n) is 5.91. The van der Waals surface area contributed by atoms with Crippen LogP contribution in [0.4, 0.5) is 0 Å². The molecule has 4 nitrogen and oxygen atoms in total. The normalized spacial score (nSPS) is 26.2. The van der Waals surface area contributed by atoms with E-state index in [2.05, 4.69) is 5.32 Å². The molecular weight excluding hydrogens is 226 g/mol. The largest absolute Gasteiger partial charge is 0.312 e. The van der Waals surface area contributed by atoms with E-state index in [4.69, 9.17) is 0 Å². The van der Waals surface area contributed by atoms with E-state index < -0.39 is 9.84 Å². The van der Waals surface area contributed by atoms with Gasteiger partial charge in [0.2, 0.25) is 0 Å². The Balaban J connectivity index is 2.45. The third-order valence-corrected chi connectivity index (χ3v) is 4.76. The van der Waals surface area contributed by atoms with Gasteiger partial charge in [0.25, 0.3) is 0 Å². The van der Waals surface area contributed by atoms with Crippen molar-refractivity contribution >= 4 is 15.6 Å². The average molecular weight is 247 g/mol. The number of carbonyl (C=O) groups is 1. The van der Waals surface area contributed by atoms with Gasteiger partial charge in [-0.3, -0.25) is 4.79 Å². The highest BCUT2D eigenvalue weighted by molar-refractivity contribution is 7.91. The van der Waals surface area contributed by atoms with Crippen LogP contribution in [0.2, 0.25) is 0 Å². The average Bonchev–Trinajstić information content (AvgIpc) is 2.16. The van der Waals surface area contributed by atoms with Crippen molar-refractivity contribution < 1.29 is 13.2 Å². The maximum atomic E-state index is 11.8. The van der Waals surface area contributed by atoms with Crippen LogP contribution in [0, 0.1) is 5.92 Å². The number of hydrogen-bond donors (Lipinski definition) is 1. The van der Waals surface area contributed by atoms with Crippen LogP contribution in [0.25, 0.3) is 0 Å². The van der Waals surface area contributed by atoms with Gasteiger partial charge in [-0.15, -0.1) is 0 Å². The second-order valence-corrected chi connectivity index (χ2v) is 6.85. The van der Waals surface area contributed by atoms with E-state index in [1.807, 2.05) is 13.8 Å². The second-order valence-electron chi connectivity index (χ2n) is 4.63. The zero-order chi connectivity index (χ0) is 12.2. The summed E-state index contributed by atoms with van der Waals surface area (Å²) in [4.78, 5) is 11.8. The summed E-state index contributed by atoms with van der Waals surface area (Å²) in [5, 5.41) is 3.10. The van der Waals surface area contributed by atoms with Crippen LogP contribution in [0.1, 0.15) is 33.1 Å². The van der Waals surface area contributed by atoms with Crippen molar-refractivity contribution in [2.24, 2.45) is 5.92 Å². The minimum absolute atomic E-state index is 0.0523. The summed E-state index contributed by atoms with van der Waals surface area (Å²) >= 11 is 0. The molecule has 0 aromatic rings. The molecular formula is C11H21NO3S. The Bertz CT molecular complexity index is 337. The molecule has 0 radical (unpaired) electrons. The van der Waals surface area contributed by atoms with Gasteiger partial charge in [-0.2, -0.15) is 0 Å². The number of Topliss-reactive ketones (excluding diaryl/α,β-unsaturated/α-hetero) is 1. The number of nitrogens with one attached hydrogen (secondary N) is 1. The molecule has 0 bridgehead atoms. The lowest BCUT2D eigenvalue weighted by Crippen LogP contribution is -2.46. The molecule has 0 saturated carbocycles. The Morgan fingerprint density at radius 3 is 2.75 bits per heavy atom. The van der Waals surface area contributed by atoms with Crippen LogP contribution in [0.5, 0.6) is 0 Å². The van der Waals surface area contributed by atoms with Crippen molar-refractivity contribution in [3.63, 3.8) is 0 Å². The van der Waals surface area contributed by atoms with Crippen LogP contribution in [0.15, 0.2) is 0 Å². The van der Waals surface area contributed by atoms with Gasteiger partial charge in [-0.25, -0.2) is 8.42 Å². The van der Waals surface area contributed by atoms with Gasteiger partial charge < -0.3 is 5.32 Å². The molecule has 1 saturated heterocycles. The zero-order valence-electron chi connectivity index (χ0n) is 10.0. The third-order valence-electron chi connectivity index (χ3n) is 3.02. The Labute approximate surface area is 97.7 Å². The van der Waals surface area contributed by atoms with E-state index in [0.29, 0.717) is 13.0 Å². The lowest BCUT2D eigenvalue weighted by Gasteiger charge is -2.24. The van der Waals surface area contributed by atoms with Gasteiger partial charge in [0, 0.05) is 24.9 Å². The van der Waals surface area contributed by atoms with E-state index in [1.165, 1.54) is 0 Å². The maximum Gasteiger partial charge on any atom is 0.153 e. The van der Waals surface area contributed by atoms with Crippen molar-refractivity contribution in [2.45, 2.75) is 39.2 Å². The van der Waals surface area contributed by atoms with Crippen LogP contribution >= 0.6 is 0 Å². The lowest BCUT2D eigenvalue weighted by atomic mass is 9.96. The van der Waals surface area contributed by atoms with E-state index in [1.54, 1.807) is 0 Å². The lowest BCUT2D eigenvalue weighted by molar-refractivity contribution is -0.123. The van der Waals surface area contributed by atoms with Gasteiger partial charge in [0.05, 0.1) is 11.5 Å². The number of hydrogen-bond acceptors (Lipinski definition) is 4. The fraction of sp³-hybridized carbons (Fsp3) is 0.909. The number of ketones is 1. The summed E-state index contributed by atoms with van der Waals surface area (Å²) in [7, 11) is -2.93. The minimum atomic E-state index is -2.93. The van der Waals surface area contributed by atoms with Crippen molar-refractivity contribution in [3.8, 4) is 0 Å². The summed E-state index contributed by atoms with van der Waals surface area (Å²) in [6.45, 7) is 4.44. The third kappa shape index (κ3) is 4.22. The molecule has 0 amide bonds. The highest BCUT2D eigenvalue weighted by atomic mass is 32.2. The number of sulfone groups is 1. The summed E-state index contributed by atoms with van der Waals surface area (Å²) in [5.74, 6) is 0.535. The molecule has 0 aliphatic carbocycles. The van der Waals surface area contributed by atoms with E-state index in [-0.39, 0.29) is 29.2 Å². The minimum Gasteiger partial charge on any atom is -0.312 e. The standard InChI is InChI=1S/C11H21NO3S/c1-3-4-9(2)11(13)7-10-8-16(14,15)6-5-12-10/h9-10,12H,3-8H2,1-2H3. The molecule has 1 fully saturated rings. The molecule has 0 spiro atoms. The Kier molecular flexibility index (Phi) is 4.92. The van der Waals surface area contributed by atoms with Crippen molar-refractivity contribution in [2.75, 3.05) is 18.1 Å². The molecule has 94 valence electrons. The van der Waals surface area contributed by atoms with Gasteiger partial charge >= 0.3 is 0 Å². The van der Waals surface area contributed by atoms with E-state index in [0.717, 1.165) is 12.8 Å². The second kappa shape index (κ2) is 5.77. The van der Waals surface area contributed by atoms with Crippen LogP contribution in [-0.2, 0) is 14.6 Å². The Hall–Kier alpha value is -0.420. The molecule has 16 heavy (non-hydrogen) atoms. The molecule has 0 aromatic heterocycles. The smallest absolute Gasteiger partial charge is 0.153 e. The monoisotopic (exact) mass is 247 g/mol. The van der Waals surface area contributed by atoms with Crippen molar-refractivity contribution in [1.29, 1.82) is 0 Å². The molecule has 1 heterocycles. The fourth-order valence-corrected chi connectivity index (χ4v) is 3.48. The quantitative estimate of drug-likeness (QED) is 0.779.